The summed E-state index contributed by atoms with van der Waals surface area (Å²) in [4.78, 5) is 21.5. The van der Waals surface area contributed by atoms with Crippen LogP contribution in [-0.2, 0) is 18.9 Å². The predicted octanol–water partition coefficient (Wildman–Crippen LogP) is 5.91. The number of rotatable bonds is 7. The largest absolute Gasteiger partial charge is 0.416 e. The molecule has 0 spiro atoms. The van der Waals surface area contributed by atoms with Crippen LogP contribution in [0, 0.1) is 6.92 Å². The predicted molar refractivity (Wildman–Crippen MR) is 131 cm³/mol. The molecule has 0 saturated carbocycles. The molecule has 39 heavy (non-hydrogen) atoms. The van der Waals surface area contributed by atoms with Crippen LogP contribution in [0.15, 0.2) is 85.1 Å². The molecule has 3 N–H and O–H groups in total. The summed E-state index contributed by atoms with van der Waals surface area (Å²) < 4.78 is 81.5. The summed E-state index contributed by atoms with van der Waals surface area (Å²) >= 11 is 0. The van der Waals surface area contributed by atoms with Crippen LogP contribution in [0.2, 0.25) is 0 Å². The monoisotopic (exact) mass is 545 g/mol. The third-order valence-electron chi connectivity index (χ3n) is 5.82. The number of nitrogens with zero attached hydrogens (tertiary/aromatic N) is 3. The Morgan fingerprint density at radius 1 is 0.923 bits per heavy atom. The van der Waals surface area contributed by atoms with Gasteiger partial charge in [-0.1, -0.05) is 18.2 Å². The lowest BCUT2D eigenvalue weighted by Gasteiger charge is -2.18. The number of alkyl halides is 6. The summed E-state index contributed by atoms with van der Waals surface area (Å²) in [6.07, 6.45) is -4.22. The minimum Gasteiger partial charge on any atom is -0.394 e. The number of Topliss-reactive ketones (excluding diaryl/α,β-unsaturated/α-hetero) is 1. The summed E-state index contributed by atoms with van der Waals surface area (Å²) in [7, 11) is 0. The van der Waals surface area contributed by atoms with Gasteiger partial charge in [0, 0.05) is 36.9 Å². The lowest BCUT2D eigenvalue weighted by atomic mass is 10.0. The Balaban J connectivity index is 1.75. The summed E-state index contributed by atoms with van der Waals surface area (Å²) in [6.45, 7) is 1.35. The van der Waals surface area contributed by atoms with Gasteiger partial charge in [0.25, 0.3) is 0 Å². The van der Waals surface area contributed by atoms with Crippen LogP contribution in [0.1, 0.15) is 38.4 Å². The molecule has 0 unspecified atom stereocenters. The molecule has 0 amide bonds. The van der Waals surface area contributed by atoms with E-state index in [1.807, 2.05) is 19.1 Å². The van der Waals surface area contributed by atoms with Gasteiger partial charge in [0.05, 0.1) is 22.5 Å². The second kappa shape index (κ2) is 10.6. The Labute approximate surface area is 218 Å². The number of hydrogen-bond acceptors (Lipinski definition) is 5. The van der Waals surface area contributed by atoms with E-state index in [0.717, 1.165) is 5.56 Å². The lowest BCUT2D eigenvalue weighted by Crippen LogP contribution is -2.24. The first-order chi connectivity index (χ1) is 18.4. The van der Waals surface area contributed by atoms with E-state index in [9.17, 15) is 31.1 Å². The van der Waals surface area contributed by atoms with Crippen molar-refractivity contribution in [2.24, 2.45) is 5.73 Å². The molecular weight excluding hydrogens is 524 g/mol. The molecular formula is C27H21F6N5O. The van der Waals surface area contributed by atoms with Gasteiger partial charge in [-0.05, 0) is 54.4 Å². The third kappa shape index (κ3) is 6.11. The van der Waals surface area contributed by atoms with Crippen molar-refractivity contribution in [3.63, 3.8) is 0 Å². The van der Waals surface area contributed by atoms with E-state index in [2.05, 4.69) is 15.3 Å². The highest BCUT2D eigenvalue weighted by Gasteiger charge is 2.37. The quantitative estimate of drug-likeness (QED) is 0.171. The fourth-order valence-electron chi connectivity index (χ4n) is 3.92. The number of pyridine rings is 1. The maximum Gasteiger partial charge on any atom is 0.416 e. The number of nitrogens with two attached hydrogens (primary N) is 1. The van der Waals surface area contributed by atoms with Gasteiger partial charge in [-0.2, -0.15) is 26.3 Å². The molecule has 2 heterocycles. The van der Waals surface area contributed by atoms with Crippen molar-refractivity contribution in [1.82, 2.24) is 19.9 Å². The molecule has 4 rings (SSSR count). The van der Waals surface area contributed by atoms with Crippen LogP contribution in [0.3, 0.4) is 0 Å². The Kier molecular flexibility index (Phi) is 7.48. The zero-order chi connectivity index (χ0) is 28.4. The molecule has 0 saturated heterocycles. The first kappa shape index (κ1) is 27.4. The topological polar surface area (TPSA) is 85.8 Å². The van der Waals surface area contributed by atoms with E-state index in [1.165, 1.54) is 35.3 Å². The fraction of sp³-hybridized carbons (Fsp3) is 0.148. The number of aromatic nitrogens is 3. The van der Waals surface area contributed by atoms with Gasteiger partial charge >= 0.3 is 12.4 Å². The van der Waals surface area contributed by atoms with Crippen molar-refractivity contribution in [2.75, 3.05) is 0 Å². The number of benzene rings is 2. The van der Waals surface area contributed by atoms with Gasteiger partial charge in [-0.25, -0.2) is 4.98 Å². The van der Waals surface area contributed by atoms with Crippen molar-refractivity contribution < 1.29 is 31.1 Å². The average molecular weight is 545 g/mol. The number of halogens is 6. The summed E-state index contributed by atoms with van der Waals surface area (Å²) in [6, 6.07) is 11.5. The Morgan fingerprint density at radius 3 is 2.13 bits per heavy atom. The first-order valence-corrected chi connectivity index (χ1v) is 11.4. The number of carbonyl (C=O) groups excluding carboxylic acids is 1. The molecule has 202 valence electrons. The minimum absolute atomic E-state index is 0.00676. The molecule has 4 aromatic rings. The molecule has 0 bridgehead atoms. The maximum atomic E-state index is 13.5. The van der Waals surface area contributed by atoms with Crippen LogP contribution >= 0.6 is 0 Å². The highest BCUT2D eigenvalue weighted by molar-refractivity contribution is 6.10. The second-order valence-electron chi connectivity index (χ2n) is 8.53. The molecule has 0 fully saturated rings. The van der Waals surface area contributed by atoms with E-state index in [1.54, 1.807) is 18.3 Å². The number of carbonyl (C=O) groups is 1. The normalized spacial score (nSPS) is 12.7. The SMILES string of the molecule is Cc1ccccc1-n1ccnc1C(=O)/C(N)=C(/NCc1cc(C(F)(F)F)cc(C(F)(F)F)c1)c1ccncc1. The highest BCUT2D eigenvalue weighted by Crippen LogP contribution is 2.36. The number of nitrogens with one attached hydrogen (secondary N) is 1. The van der Waals surface area contributed by atoms with Crippen molar-refractivity contribution in [1.29, 1.82) is 0 Å². The van der Waals surface area contributed by atoms with Crippen LogP contribution < -0.4 is 11.1 Å². The van der Waals surface area contributed by atoms with Gasteiger partial charge in [0.2, 0.25) is 5.78 Å². The molecule has 0 aliphatic carbocycles. The third-order valence-corrected chi connectivity index (χ3v) is 5.82. The van der Waals surface area contributed by atoms with Gasteiger partial charge in [0.1, 0.15) is 5.70 Å². The van der Waals surface area contributed by atoms with Crippen LogP contribution in [0.25, 0.3) is 11.4 Å². The average Bonchev–Trinajstić information content (AvgIpc) is 3.37. The Bertz CT molecular complexity index is 1490. The van der Waals surface area contributed by atoms with Gasteiger partial charge in [-0.3, -0.25) is 14.3 Å². The fourth-order valence-corrected chi connectivity index (χ4v) is 3.92. The van der Waals surface area contributed by atoms with Crippen LogP contribution in [0.4, 0.5) is 26.3 Å². The van der Waals surface area contributed by atoms with Crippen molar-refractivity contribution in [3.8, 4) is 5.69 Å². The summed E-state index contributed by atoms with van der Waals surface area (Å²) in [5, 5.41) is 2.76. The van der Waals surface area contributed by atoms with Gasteiger partial charge in [-0.15, -0.1) is 0 Å². The number of allylic oxidation sites excluding steroid dienone is 1. The van der Waals surface area contributed by atoms with Crippen molar-refractivity contribution in [2.45, 2.75) is 25.8 Å². The Morgan fingerprint density at radius 2 is 1.54 bits per heavy atom. The number of hydrogen-bond donors (Lipinski definition) is 2. The number of para-hydroxylation sites is 1. The highest BCUT2D eigenvalue weighted by atomic mass is 19.4. The molecule has 2 aromatic carbocycles. The molecule has 0 radical (unpaired) electrons. The minimum atomic E-state index is -5.00. The van der Waals surface area contributed by atoms with Gasteiger partial charge < -0.3 is 11.1 Å². The zero-order valence-electron chi connectivity index (χ0n) is 20.3. The number of imidazole rings is 1. The molecule has 2 aromatic heterocycles. The van der Waals surface area contributed by atoms with E-state index >= 15 is 0 Å². The van der Waals surface area contributed by atoms with E-state index < -0.39 is 35.8 Å². The van der Waals surface area contributed by atoms with Crippen LogP contribution in [-0.4, -0.2) is 20.3 Å². The molecule has 6 nitrogen and oxygen atoms in total. The molecule has 0 aliphatic rings. The molecule has 0 aliphatic heterocycles. The Hall–Kier alpha value is -4.61. The smallest absolute Gasteiger partial charge is 0.394 e. The van der Waals surface area contributed by atoms with E-state index in [-0.39, 0.29) is 28.8 Å². The number of ketones is 1. The zero-order valence-corrected chi connectivity index (χ0v) is 20.3. The molecule has 0 atom stereocenters. The summed E-state index contributed by atoms with van der Waals surface area (Å²) in [5.41, 5.74) is 4.57. The van der Waals surface area contributed by atoms with Gasteiger partial charge in [0.15, 0.2) is 5.82 Å². The standard InChI is InChI=1S/C27H21F6N5O/c1-16-4-2-3-5-21(16)38-11-10-36-25(38)24(39)22(34)23(18-6-8-35-9-7-18)37-15-17-12-19(26(28,29)30)14-20(13-17)27(31,32)33/h2-14,37H,15,34H2,1H3/b23-22-. The van der Waals surface area contributed by atoms with Crippen molar-refractivity contribution >= 4 is 11.5 Å². The summed E-state index contributed by atoms with van der Waals surface area (Å²) in [5.74, 6) is -0.740. The lowest BCUT2D eigenvalue weighted by molar-refractivity contribution is -0.143. The second-order valence-corrected chi connectivity index (χ2v) is 8.53. The van der Waals surface area contributed by atoms with E-state index in [4.69, 9.17) is 5.73 Å². The van der Waals surface area contributed by atoms with Crippen LogP contribution in [0.5, 0.6) is 0 Å². The van der Waals surface area contributed by atoms with E-state index in [0.29, 0.717) is 23.4 Å². The number of aryl methyl sites for hydroxylation is 1. The maximum absolute atomic E-state index is 13.5. The molecule has 12 heteroatoms. The first-order valence-electron chi connectivity index (χ1n) is 11.4. The van der Waals surface area contributed by atoms with Crippen molar-refractivity contribution in [3.05, 3.63) is 119 Å².